The van der Waals surface area contributed by atoms with E-state index in [1.54, 1.807) is 6.20 Å². The van der Waals surface area contributed by atoms with Crippen molar-refractivity contribution < 1.29 is 4.42 Å². The zero-order valence-corrected chi connectivity index (χ0v) is 11.4. The lowest BCUT2D eigenvalue weighted by molar-refractivity contribution is 0.572. The van der Waals surface area contributed by atoms with Gasteiger partial charge in [0, 0.05) is 23.4 Å². The molecule has 0 aliphatic heterocycles. The summed E-state index contributed by atoms with van der Waals surface area (Å²) in [5.41, 5.74) is 4.15. The maximum atomic E-state index is 5.34. The summed E-state index contributed by atoms with van der Waals surface area (Å²) < 4.78 is 5.26. The number of nitrogens with zero attached hydrogens (tertiary/aromatic N) is 1. The fourth-order valence-electron chi connectivity index (χ4n) is 2.03. The highest BCUT2D eigenvalue weighted by atomic mass is 16.3. The number of hydrogen-bond acceptors (Lipinski definition) is 3. The zero-order chi connectivity index (χ0) is 14.5. The van der Waals surface area contributed by atoms with Gasteiger partial charge in [0.15, 0.2) is 12.2 Å². The molecule has 0 saturated carbocycles. The number of aromatic nitrogens is 1. The fraction of sp³-hybridized carbons (Fsp3) is 0.0556. The van der Waals surface area contributed by atoms with Crippen molar-refractivity contribution in [2.45, 2.75) is 6.54 Å². The first-order chi connectivity index (χ1) is 10.3. The van der Waals surface area contributed by atoms with E-state index in [-0.39, 0.29) is 0 Å². The highest BCUT2D eigenvalue weighted by molar-refractivity contribution is 5.60. The Bertz CT molecular complexity index is 735. The summed E-state index contributed by atoms with van der Waals surface area (Å²) in [4.78, 5) is 3.91. The minimum Gasteiger partial charge on any atom is -0.444 e. The molecule has 0 unspecified atom stereocenters. The highest BCUT2D eigenvalue weighted by Crippen LogP contribution is 2.21. The molecular weight excluding hydrogens is 260 g/mol. The first-order valence-corrected chi connectivity index (χ1v) is 6.63. The van der Waals surface area contributed by atoms with Gasteiger partial charge in [-0.15, -0.1) is 6.42 Å². The van der Waals surface area contributed by atoms with Gasteiger partial charge in [0.1, 0.15) is 0 Å². The van der Waals surface area contributed by atoms with Crippen molar-refractivity contribution >= 4 is 5.69 Å². The van der Waals surface area contributed by atoms with Crippen LogP contribution in [0.2, 0.25) is 0 Å². The predicted octanol–water partition coefficient (Wildman–Crippen LogP) is 3.94. The van der Waals surface area contributed by atoms with Crippen LogP contribution in [-0.4, -0.2) is 4.98 Å². The van der Waals surface area contributed by atoms with Crippen molar-refractivity contribution in [2.24, 2.45) is 0 Å². The molecule has 3 nitrogen and oxygen atoms in total. The summed E-state index contributed by atoms with van der Waals surface area (Å²) in [7, 11) is 0. The summed E-state index contributed by atoms with van der Waals surface area (Å²) >= 11 is 0. The van der Waals surface area contributed by atoms with E-state index < -0.39 is 0 Å². The Morgan fingerprint density at radius 3 is 2.43 bits per heavy atom. The van der Waals surface area contributed by atoms with Crippen molar-refractivity contribution in [2.75, 3.05) is 5.32 Å². The van der Waals surface area contributed by atoms with Gasteiger partial charge < -0.3 is 9.73 Å². The van der Waals surface area contributed by atoms with Crippen molar-refractivity contribution in [1.82, 2.24) is 4.98 Å². The number of benzene rings is 2. The van der Waals surface area contributed by atoms with Crippen molar-refractivity contribution in [3.8, 4) is 23.7 Å². The molecule has 3 heteroatoms. The van der Waals surface area contributed by atoms with Gasteiger partial charge in [-0.1, -0.05) is 18.1 Å². The van der Waals surface area contributed by atoms with E-state index in [4.69, 9.17) is 10.8 Å². The second kappa shape index (κ2) is 5.98. The standard InChI is InChI=1S/C18H14N2O/c1-2-14-3-5-15(6-4-14)11-20-17-9-7-16(8-10-17)18-12-19-13-21-18/h1,3-10,12-13,20H,11H2. The number of anilines is 1. The molecule has 0 fully saturated rings. The minimum absolute atomic E-state index is 0.756. The molecule has 0 amide bonds. The average molecular weight is 274 g/mol. The topological polar surface area (TPSA) is 38.1 Å². The smallest absolute Gasteiger partial charge is 0.181 e. The first kappa shape index (κ1) is 13.0. The summed E-state index contributed by atoms with van der Waals surface area (Å²) in [6.07, 6.45) is 8.48. The molecule has 0 radical (unpaired) electrons. The van der Waals surface area contributed by atoms with Crippen LogP contribution >= 0.6 is 0 Å². The Hall–Kier alpha value is -2.99. The minimum atomic E-state index is 0.756. The van der Waals surface area contributed by atoms with Crippen LogP contribution in [0, 0.1) is 12.3 Å². The summed E-state index contributed by atoms with van der Waals surface area (Å²) in [6, 6.07) is 16.0. The monoisotopic (exact) mass is 274 g/mol. The Kier molecular flexibility index (Phi) is 3.70. The van der Waals surface area contributed by atoms with Crippen LogP contribution in [0.5, 0.6) is 0 Å². The van der Waals surface area contributed by atoms with E-state index in [1.165, 1.54) is 12.0 Å². The van der Waals surface area contributed by atoms with Gasteiger partial charge in [-0.2, -0.15) is 0 Å². The Balaban J connectivity index is 1.64. The zero-order valence-electron chi connectivity index (χ0n) is 11.4. The molecule has 102 valence electrons. The highest BCUT2D eigenvalue weighted by Gasteiger charge is 2.01. The van der Waals surface area contributed by atoms with Crippen LogP contribution in [-0.2, 0) is 6.54 Å². The van der Waals surface area contributed by atoms with Crippen molar-refractivity contribution in [3.05, 3.63) is 72.2 Å². The van der Waals surface area contributed by atoms with Gasteiger partial charge in [-0.05, 0) is 42.0 Å². The SMILES string of the molecule is C#Cc1ccc(CNc2ccc(-c3cnco3)cc2)cc1. The predicted molar refractivity (Wildman–Crippen MR) is 83.6 cm³/mol. The normalized spacial score (nSPS) is 10.0. The molecule has 2 aromatic carbocycles. The van der Waals surface area contributed by atoms with Crippen LogP contribution in [0.4, 0.5) is 5.69 Å². The van der Waals surface area contributed by atoms with Crippen LogP contribution in [0.3, 0.4) is 0 Å². The lowest BCUT2D eigenvalue weighted by Crippen LogP contribution is -1.99. The maximum absolute atomic E-state index is 5.34. The van der Waals surface area contributed by atoms with Crippen LogP contribution in [0.25, 0.3) is 11.3 Å². The number of nitrogens with one attached hydrogen (secondary N) is 1. The number of hydrogen-bond donors (Lipinski definition) is 1. The second-order valence-electron chi connectivity index (χ2n) is 4.64. The maximum Gasteiger partial charge on any atom is 0.181 e. The molecule has 0 bridgehead atoms. The van der Waals surface area contributed by atoms with Crippen LogP contribution in [0.1, 0.15) is 11.1 Å². The van der Waals surface area contributed by atoms with E-state index in [1.807, 2.05) is 48.5 Å². The van der Waals surface area contributed by atoms with Gasteiger partial charge in [-0.3, -0.25) is 0 Å². The van der Waals surface area contributed by atoms with Crippen LogP contribution in [0.15, 0.2) is 65.5 Å². The van der Waals surface area contributed by atoms with Crippen molar-refractivity contribution in [3.63, 3.8) is 0 Å². The molecule has 0 atom stereocenters. The first-order valence-electron chi connectivity index (χ1n) is 6.63. The van der Waals surface area contributed by atoms with Gasteiger partial charge in [0.2, 0.25) is 0 Å². The molecule has 1 aromatic heterocycles. The molecule has 3 aromatic rings. The molecule has 0 aliphatic carbocycles. The molecular formula is C18H14N2O. The number of terminal acetylenes is 1. The number of rotatable bonds is 4. The van der Waals surface area contributed by atoms with E-state index in [2.05, 4.69) is 16.2 Å². The third-order valence-corrected chi connectivity index (χ3v) is 3.22. The summed E-state index contributed by atoms with van der Waals surface area (Å²) in [5.74, 6) is 3.38. The summed E-state index contributed by atoms with van der Waals surface area (Å²) in [6.45, 7) is 0.756. The molecule has 1 heterocycles. The second-order valence-corrected chi connectivity index (χ2v) is 4.64. The van der Waals surface area contributed by atoms with Crippen molar-refractivity contribution in [1.29, 1.82) is 0 Å². The van der Waals surface area contributed by atoms with E-state index in [0.717, 1.165) is 29.1 Å². The van der Waals surface area contributed by atoms with Gasteiger partial charge in [0.25, 0.3) is 0 Å². The molecule has 0 saturated heterocycles. The van der Waals surface area contributed by atoms with E-state index >= 15 is 0 Å². The average Bonchev–Trinajstić information content (AvgIpc) is 3.08. The van der Waals surface area contributed by atoms with E-state index in [9.17, 15) is 0 Å². The van der Waals surface area contributed by atoms with Gasteiger partial charge in [-0.25, -0.2) is 4.98 Å². The quantitative estimate of drug-likeness (QED) is 0.732. The van der Waals surface area contributed by atoms with E-state index in [0.29, 0.717) is 0 Å². The molecule has 21 heavy (non-hydrogen) atoms. The third-order valence-electron chi connectivity index (χ3n) is 3.22. The molecule has 1 N–H and O–H groups in total. The number of oxazole rings is 1. The van der Waals surface area contributed by atoms with Gasteiger partial charge >= 0.3 is 0 Å². The largest absolute Gasteiger partial charge is 0.444 e. The Labute approximate surface area is 123 Å². The lowest BCUT2D eigenvalue weighted by Gasteiger charge is -2.07. The van der Waals surface area contributed by atoms with Crippen LogP contribution < -0.4 is 5.32 Å². The third kappa shape index (κ3) is 3.13. The van der Waals surface area contributed by atoms with Gasteiger partial charge in [0.05, 0.1) is 6.20 Å². The fourth-order valence-corrected chi connectivity index (χ4v) is 2.03. The lowest BCUT2D eigenvalue weighted by atomic mass is 10.1. The molecule has 0 spiro atoms. The Morgan fingerprint density at radius 2 is 1.81 bits per heavy atom. The molecule has 0 aliphatic rings. The Morgan fingerprint density at radius 1 is 1.05 bits per heavy atom. The molecule has 3 rings (SSSR count). The summed E-state index contributed by atoms with van der Waals surface area (Å²) in [5, 5.41) is 3.37.